The SMILES string of the molecule is COc1ccc(CNc2ccnc(C(=O)OCc3ncccn3)n2)cc1Cl. The van der Waals surface area contributed by atoms with Gasteiger partial charge in [-0.05, 0) is 29.8 Å². The third-order valence-electron chi connectivity index (χ3n) is 3.48. The van der Waals surface area contributed by atoms with E-state index >= 15 is 0 Å². The average Bonchev–Trinajstić information content (AvgIpc) is 2.71. The first-order chi connectivity index (χ1) is 13.2. The number of carbonyl (C=O) groups excluding carboxylic acids is 1. The predicted octanol–water partition coefficient (Wildman–Crippen LogP) is 2.90. The minimum Gasteiger partial charge on any atom is -0.495 e. The Bertz CT molecular complexity index is 924. The van der Waals surface area contributed by atoms with Crippen LogP contribution in [-0.2, 0) is 17.9 Å². The highest BCUT2D eigenvalue weighted by atomic mass is 35.5. The first kappa shape index (κ1) is 18.5. The van der Waals surface area contributed by atoms with Crippen molar-refractivity contribution in [3.8, 4) is 5.75 Å². The van der Waals surface area contributed by atoms with E-state index in [4.69, 9.17) is 21.1 Å². The Labute approximate surface area is 160 Å². The largest absolute Gasteiger partial charge is 0.495 e. The Hall–Kier alpha value is -3.26. The Morgan fingerprint density at radius 3 is 2.70 bits per heavy atom. The second kappa shape index (κ2) is 8.91. The molecular formula is C18H16ClN5O3. The summed E-state index contributed by atoms with van der Waals surface area (Å²) >= 11 is 6.11. The second-order valence-electron chi connectivity index (χ2n) is 5.33. The third kappa shape index (κ3) is 5.11. The molecule has 0 aliphatic rings. The van der Waals surface area contributed by atoms with Crippen LogP contribution in [0.15, 0.2) is 48.9 Å². The smallest absolute Gasteiger partial charge is 0.376 e. The molecule has 1 aromatic carbocycles. The number of anilines is 1. The number of hydrogen-bond acceptors (Lipinski definition) is 8. The Kier molecular flexibility index (Phi) is 6.11. The van der Waals surface area contributed by atoms with E-state index in [0.717, 1.165) is 5.56 Å². The summed E-state index contributed by atoms with van der Waals surface area (Å²) in [6.07, 6.45) is 4.62. The van der Waals surface area contributed by atoms with Crippen molar-refractivity contribution in [1.29, 1.82) is 0 Å². The molecule has 0 atom stereocenters. The molecule has 3 rings (SSSR count). The Balaban J connectivity index is 1.59. The van der Waals surface area contributed by atoms with Gasteiger partial charge in [0.25, 0.3) is 0 Å². The molecule has 2 aromatic heterocycles. The van der Waals surface area contributed by atoms with E-state index in [-0.39, 0.29) is 12.4 Å². The van der Waals surface area contributed by atoms with Crippen LogP contribution >= 0.6 is 11.6 Å². The molecule has 0 fully saturated rings. The quantitative estimate of drug-likeness (QED) is 0.620. The van der Waals surface area contributed by atoms with Gasteiger partial charge in [0.2, 0.25) is 5.82 Å². The predicted molar refractivity (Wildman–Crippen MR) is 98.5 cm³/mol. The number of methoxy groups -OCH3 is 1. The van der Waals surface area contributed by atoms with E-state index < -0.39 is 5.97 Å². The monoisotopic (exact) mass is 385 g/mol. The van der Waals surface area contributed by atoms with Crippen molar-refractivity contribution >= 4 is 23.4 Å². The van der Waals surface area contributed by atoms with Gasteiger partial charge in [0.1, 0.15) is 11.6 Å². The lowest BCUT2D eigenvalue weighted by Gasteiger charge is -2.09. The number of carbonyl (C=O) groups is 1. The number of nitrogens with zero attached hydrogens (tertiary/aromatic N) is 4. The summed E-state index contributed by atoms with van der Waals surface area (Å²) in [6.45, 7) is 0.415. The molecule has 0 unspecified atom stereocenters. The van der Waals surface area contributed by atoms with Crippen molar-refractivity contribution in [3.63, 3.8) is 0 Å². The molecule has 9 heteroatoms. The second-order valence-corrected chi connectivity index (χ2v) is 5.74. The summed E-state index contributed by atoms with van der Waals surface area (Å²) in [5.41, 5.74) is 0.935. The summed E-state index contributed by atoms with van der Waals surface area (Å²) in [5, 5.41) is 3.63. The van der Waals surface area contributed by atoms with Crippen LogP contribution in [-0.4, -0.2) is 33.0 Å². The zero-order valence-corrected chi connectivity index (χ0v) is 15.2. The molecule has 27 heavy (non-hydrogen) atoms. The third-order valence-corrected chi connectivity index (χ3v) is 3.77. The van der Waals surface area contributed by atoms with Crippen molar-refractivity contribution in [1.82, 2.24) is 19.9 Å². The fourth-order valence-corrected chi connectivity index (χ4v) is 2.45. The number of ether oxygens (including phenoxy) is 2. The van der Waals surface area contributed by atoms with Gasteiger partial charge in [-0.2, -0.15) is 0 Å². The number of hydrogen-bond donors (Lipinski definition) is 1. The number of halogens is 1. The van der Waals surface area contributed by atoms with Gasteiger partial charge in [0, 0.05) is 25.1 Å². The van der Waals surface area contributed by atoms with Gasteiger partial charge in [-0.15, -0.1) is 0 Å². The molecule has 0 bridgehead atoms. The molecule has 0 saturated heterocycles. The van der Waals surface area contributed by atoms with Gasteiger partial charge < -0.3 is 14.8 Å². The fraction of sp³-hybridized carbons (Fsp3) is 0.167. The number of benzene rings is 1. The molecule has 2 heterocycles. The maximum atomic E-state index is 12.1. The van der Waals surface area contributed by atoms with Crippen LogP contribution in [0.25, 0.3) is 0 Å². The van der Waals surface area contributed by atoms with E-state index in [9.17, 15) is 4.79 Å². The molecule has 0 radical (unpaired) electrons. The standard InChI is InChI=1S/C18H16ClN5O3/c1-26-14-4-3-12(9-13(14)19)10-23-15-5-8-22-17(24-15)18(25)27-11-16-20-6-2-7-21-16/h2-9H,10-11H2,1H3,(H,22,23,24). The van der Waals surface area contributed by atoms with Crippen molar-refractivity contribution in [2.24, 2.45) is 0 Å². The zero-order chi connectivity index (χ0) is 19.1. The molecule has 0 aliphatic carbocycles. The van der Waals surface area contributed by atoms with Crippen LogP contribution < -0.4 is 10.1 Å². The van der Waals surface area contributed by atoms with Crippen molar-refractivity contribution in [3.05, 3.63) is 71.2 Å². The Morgan fingerprint density at radius 1 is 1.15 bits per heavy atom. The van der Waals surface area contributed by atoms with E-state index in [2.05, 4.69) is 25.3 Å². The molecule has 0 spiro atoms. The van der Waals surface area contributed by atoms with Crippen molar-refractivity contribution < 1.29 is 14.3 Å². The van der Waals surface area contributed by atoms with Crippen LogP contribution in [0, 0.1) is 0 Å². The van der Waals surface area contributed by atoms with Gasteiger partial charge >= 0.3 is 5.97 Å². The number of aromatic nitrogens is 4. The van der Waals surface area contributed by atoms with E-state index in [1.54, 1.807) is 43.8 Å². The average molecular weight is 386 g/mol. The molecular weight excluding hydrogens is 370 g/mol. The summed E-state index contributed by atoms with van der Waals surface area (Å²) in [5.74, 6) is 0.786. The van der Waals surface area contributed by atoms with Crippen molar-refractivity contribution in [2.45, 2.75) is 13.2 Å². The molecule has 138 valence electrons. The highest BCUT2D eigenvalue weighted by molar-refractivity contribution is 6.32. The van der Waals surface area contributed by atoms with Crippen molar-refractivity contribution in [2.75, 3.05) is 12.4 Å². The zero-order valence-electron chi connectivity index (χ0n) is 14.4. The van der Waals surface area contributed by atoms with E-state index in [1.165, 1.54) is 6.20 Å². The van der Waals surface area contributed by atoms with Crippen LogP contribution in [0.1, 0.15) is 22.0 Å². The van der Waals surface area contributed by atoms with Gasteiger partial charge in [-0.3, -0.25) is 0 Å². The number of nitrogens with one attached hydrogen (secondary N) is 1. The highest BCUT2D eigenvalue weighted by Gasteiger charge is 2.12. The summed E-state index contributed by atoms with van der Waals surface area (Å²) in [4.78, 5) is 28.2. The first-order valence-electron chi connectivity index (χ1n) is 7.98. The van der Waals surface area contributed by atoms with Crippen LogP contribution in [0.2, 0.25) is 5.02 Å². The molecule has 0 aliphatic heterocycles. The fourth-order valence-electron chi connectivity index (χ4n) is 2.17. The summed E-state index contributed by atoms with van der Waals surface area (Å²) in [7, 11) is 1.56. The van der Waals surface area contributed by atoms with Gasteiger partial charge in [-0.25, -0.2) is 24.7 Å². The van der Waals surface area contributed by atoms with Crippen LogP contribution in [0.3, 0.4) is 0 Å². The van der Waals surface area contributed by atoms with E-state index in [1.807, 2.05) is 6.07 Å². The van der Waals surface area contributed by atoms with Crippen LogP contribution in [0.4, 0.5) is 5.82 Å². The van der Waals surface area contributed by atoms with Gasteiger partial charge in [0.05, 0.1) is 12.1 Å². The molecule has 1 N–H and O–H groups in total. The lowest BCUT2D eigenvalue weighted by Crippen LogP contribution is -2.12. The lowest BCUT2D eigenvalue weighted by atomic mass is 10.2. The maximum absolute atomic E-state index is 12.1. The normalized spacial score (nSPS) is 10.3. The topological polar surface area (TPSA) is 99.1 Å². The molecule has 0 saturated carbocycles. The number of rotatable bonds is 7. The first-order valence-corrected chi connectivity index (χ1v) is 8.36. The minimum atomic E-state index is -0.654. The van der Waals surface area contributed by atoms with Gasteiger partial charge in [0.15, 0.2) is 12.4 Å². The highest BCUT2D eigenvalue weighted by Crippen LogP contribution is 2.25. The van der Waals surface area contributed by atoms with E-state index in [0.29, 0.717) is 29.0 Å². The molecule has 0 amide bonds. The summed E-state index contributed by atoms with van der Waals surface area (Å²) in [6, 6.07) is 8.80. The van der Waals surface area contributed by atoms with Crippen LogP contribution in [0.5, 0.6) is 5.75 Å². The van der Waals surface area contributed by atoms with Gasteiger partial charge in [-0.1, -0.05) is 17.7 Å². The lowest BCUT2D eigenvalue weighted by molar-refractivity contribution is 0.0447. The molecule has 8 nitrogen and oxygen atoms in total. The number of esters is 1. The summed E-state index contributed by atoms with van der Waals surface area (Å²) < 4.78 is 10.3. The maximum Gasteiger partial charge on any atom is 0.376 e. The minimum absolute atomic E-state index is 0.0506. The Morgan fingerprint density at radius 2 is 1.96 bits per heavy atom. The molecule has 3 aromatic rings.